The number of nitrogens with two attached hydrogens (primary N) is 2. The van der Waals surface area contributed by atoms with E-state index in [1.54, 1.807) is 0 Å². The number of ether oxygens (including phenoxy) is 1. The Labute approximate surface area is 360 Å². The summed E-state index contributed by atoms with van der Waals surface area (Å²) in [7, 11) is 1.31. The highest BCUT2D eigenvalue weighted by Crippen LogP contribution is 2.52. The van der Waals surface area contributed by atoms with Crippen molar-refractivity contribution < 1.29 is 19.1 Å². The van der Waals surface area contributed by atoms with E-state index in [9.17, 15) is 14.4 Å². The molecule has 7 N–H and O–H groups in total. The van der Waals surface area contributed by atoms with E-state index in [1.165, 1.54) is 29.4 Å². The second kappa shape index (κ2) is 18.2. The van der Waals surface area contributed by atoms with Crippen LogP contribution in [0.15, 0.2) is 76.6 Å². The highest BCUT2D eigenvalue weighted by atomic mass is 16.5. The minimum absolute atomic E-state index is 0.000900. The van der Waals surface area contributed by atoms with Gasteiger partial charge in [0.15, 0.2) is 0 Å². The molecule has 5 heterocycles. The summed E-state index contributed by atoms with van der Waals surface area (Å²) in [5.74, 6) is 2.14. The zero-order valence-corrected chi connectivity index (χ0v) is 36.5. The van der Waals surface area contributed by atoms with Gasteiger partial charge in [0.05, 0.1) is 48.9 Å². The second-order valence-corrected chi connectivity index (χ2v) is 18.6. The molecule has 8 rings (SSSR count). The van der Waals surface area contributed by atoms with Gasteiger partial charge in [-0.3, -0.25) is 14.6 Å². The average Bonchev–Trinajstić information content (AvgIpc) is 4.09. The maximum atomic E-state index is 13.5. The molecule has 61 heavy (non-hydrogen) atoms. The van der Waals surface area contributed by atoms with Crippen LogP contribution in [-0.2, 0) is 14.3 Å². The number of rotatable bonds is 12. The van der Waals surface area contributed by atoms with Gasteiger partial charge < -0.3 is 41.6 Å². The van der Waals surface area contributed by atoms with Gasteiger partial charge in [0.1, 0.15) is 11.9 Å². The third-order valence-corrected chi connectivity index (χ3v) is 14.1. The number of nitrogens with zero attached hydrogens (tertiary/aromatic N) is 4. The highest BCUT2D eigenvalue weighted by molar-refractivity contribution is 5.88. The fourth-order valence-electron chi connectivity index (χ4n) is 10.9. The van der Waals surface area contributed by atoms with Gasteiger partial charge in [0.2, 0.25) is 11.8 Å². The third kappa shape index (κ3) is 8.66. The van der Waals surface area contributed by atoms with Crippen LogP contribution in [0.2, 0.25) is 0 Å². The molecule has 4 saturated heterocycles. The Kier molecular flexibility index (Phi) is 12.8. The minimum Gasteiger partial charge on any atom is -0.453 e. The Morgan fingerprint density at radius 2 is 1.66 bits per heavy atom. The normalized spacial score (nSPS) is 29.5. The number of imidazole rings is 1. The van der Waals surface area contributed by atoms with E-state index in [0.717, 1.165) is 67.7 Å². The minimum atomic E-state index is -0.624. The van der Waals surface area contributed by atoms with Crippen LogP contribution in [0.4, 0.5) is 4.79 Å². The maximum Gasteiger partial charge on any atom is 0.407 e. The van der Waals surface area contributed by atoms with Crippen LogP contribution in [-0.4, -0.2) is 100 Å². The van der Waals surface area contributed by atoms with Crippen molar-refractivity contribution in [3.8, 4) is 11.3 Å². The lowest BCUT2D eigenvalue weighted by Crippen LogP contribution is -2.50. The van der Waals surface area contributed by atoms with E-state index in [1.807, 2.05) is 43.0 Å². The van der Waals surface area contributed by atoms with Gasteiger partial charge in [-0.25, -0.2) is 9.78 Å². The molecule has 2 aliphatic carbocycles. The van der Waals surface area contributed by atoms with Crippen LogP contribution in [0.3, 0.4) is 0 Å². The number of likely N-dealkylation sites (tertiary alicyclic amines) is 2. The van der Waals surface area contributed by atoms with Crippen molar-refractivity contribution >= 4 is 29.7 Å². The van der Waals surface area contributed by atoms with E-state index in [-0.39, 0.29) is 35.9 Å². The number of carbonyl (C=O) groups excluding carboxylic acids is 3. The summed E-state index contributed by atoms with van der Waals surface area (Å²) < 4.78 is 4.78. The zero-order valence-electron chi connectivity index (χ0n) is 36.5. The molecule has 2 bridgehead atoms. The van der Waals surface area contributed by atoms with Crippen LogP contribution in [0.1, 0.15) is 103 Å². The summed E-state index contributed by atoms with van der Waals surface area (Å²) in [5, 5.41) is 6.76. The van der Waals surface area contributed by atoms with Gasteiger partial charge in [-0.1, -0.05) is 76.6 Å². The smallest absolute Gasteiger partial charge is 0.407 e. The summed E-state index contributed by atoms with van der Waals surface area (Å²) in [5.41, 5.74) is 21.2. The predicted molar refractivity (Wildman–Crippen MR) is 239 cm³/mol. The number of hydrogen-bond acceptors (Lipinski definition) is 9. The highest BCUT2D eigenvalue weighted by Gasteiger charge is 2.51. The Hall–Kier alpha value is -4.85. The number of benzene rings is 1. The van der Waals surface area contributed by atoms with Crippen molar-refractivity contribution in [2.24, 2.45) is 40.1 Å². The standard InChI is InChI=1S/C48H65N9O4/c1-6-9-37(55-48(60)61-5)46(58)56-20-7-10-32(56)25-51-36-19-16-31(24-35(36)49)34-18-17-33(42-38-22-28(4)23-39(53-38)43(34)42)29-12-14-30(15-13-29)40-26-52-45(54-40)41-11-8-21-57(41)47(59)44(50)27(2)3/h12-19,25-28,32,35,37-39,41-44,53H,6-11,20-24,49-50H2,1-5H3,(H,52,54)(H,55,60). The van der Waals surface area contributed by atoms with Crippen molar-refractivity contribution in [3.05, 3.63) is 83.0 Å². The molecule has 4 aliphatic heterocycles. The molecule has 4 fully saturated rings. The third-order valence-electron chi connectivity index (χ3n) is 14.1. The number of methoxy groups -OCH3 is 1. The summed E-state index contributed by atoms with van der Waals surface area (Å²) in [6.07, 6.45) is 19.9. The first-order chi connectivity index (χ1) is 29.4. The van der Waals surface area contributed by atoms with Crippen molar-refractivity contribution in [3.63, 3.8) is 0 Å². The Morgan fingerprint density at radius 3 is 2.36 bits per heavy atom. The number of nitrogens with one attached hydrogen (secondary N) is 3. The fourth-order valence-corrected chi connectivity index (χ4v) is 10.9. The number of aromatic nitrogens is 2. The molecule has 2 aromatic rings. The molecule has 10 unspecified atom stereocenters. The second-order valence-electron chi connectivity index (χ2n) is 18.6. The Morgan fingerprint density at radius 1 is 0.967 bits per heavy atom. The largest absolute Gasteiger partial charge is 0.453 e. The van der Waals surface area contributed by atoms with E-state index in [2.05, 4.69) is 71.1 Å². The first-order valence-corrected chi connectivity index (χ1v) is 22.7. The van der Waals surface area contributed by atoms with Gasteiger partial charge in [0.25, 0.3) is 0 Å². The van der Waals surface area contributed by atoms with Gasteiger partial charge in [0, 0.05) is 43.2 Å². The summed E-state index contributed by atoms with van der Waals surface area (Å²) in [4.78, 5) is 55.6. The molecule has 326 valence electrons. The number of carbonyl (C=O) groups is 3. The topological polar surface area (TPSA) is 184 Å². The quantitative estimate of drug-likeness (QED) is 0.157. The molecule has 3 amide bonds. The molecule has 1 aromatic carbocycles. The molecular formula is C48H65N9O4. The van der Waals surface area contributed by atoms with Crippen molar-refractivity contribution in [1.29, 1.82) is 0 Å². The average molecular weight is 832 g/mol. The van der Waals surface area contributed by atoms with E-state index < -0.39 is 18.2 Å². The molecule has 0 saturated carbocycles. The maximum absolute atomic E-state index is 13.5. The van der Waals surface area contributed by atoms with E-state index in [0.29, 0.717) is 55.8 Å². The molecule has 1 aromatic heterocycles. The van der Waals surface area contributed by atoms with E-state index >= 15 is 0 Å². The number of hydrogen-bond donors (Lipinski definition) is 5. The van der Waals surface area contributed by atoms with Crippen LogP contribution < -0.4 is 22.1 Å². The molecule has 0 radical (unpaired) electrons. The number of alkyl carbamates (subject to hydrolysis) is 1. The zero-order chi connectivity index (χ0) is 42.9. The lowest BCUT2D eigenvalue weighted by molar-refractivity contribution is -0.135. The lowest BCUT2D eigenvalue weighted by atomic mass is 9.69. The number of amides is 3. The summed E-state index contributed by atoms with van der Waals surface area (Å²) in [6, 6.07) is 8.02. The first-order valence-electron chi connectivity index (χ1n) is 22.7. The Bertz CT molecular complexity index is 2120. The number of fused-ring (bicyclic) bond motifs is 5. The predicted octanol–water partition coefficient (Wildman–Crippen LogP) is 6.18. The summed E-state index contributed by atoms with van der Waals surface area (Å²) in [6.45, 7) is 9.69. The van der Waals surface area contributed by atoms with Gasteiger partial charge >= 0.3 is 6.09 Å². The molecule has 13 nitrogen and oxygen atoms in total. The van der Waals surface area contributed by atoms with Gasteiger partial charge in [-0.2, -0.15) is 0 Å². The Balaban J connectivity index is 1.000. The number of piperidine rings is 1. The molecule has 10 atom stereocenters. The van der Waals surface area contributed by atoms with Crippen LogP contribution >= 0.6 is 0 Å². The first kappa shape index (κ1) is 42.8. The monoisotopic (exact) mass is 832 g/mol. The SMILES string of the molecule is CCCC(NC(=O)OC)C(=O)N1CCCC1C=NC1=CC=C(C2=CC=C(c3ccc(-c4cnc(C5CCCN5C(=O)C(N)C(C)C)[nH]4)cc3)C3C4CC(C)CC(N4)C23)CC1N. The van der Waals surface area contributed by atoms with Gasteiger partial charge in [-0.15, -0.1) is 0 Å². The summed E-state index contributed by atoms with van der Waals surface area (Å²) >= 11 is 0. The number of H-pyrrole nitrogens is 1. The number of aromatic amines is 1. The van der Waals surface area contributed by atoms with Crippen LogP contribution in [0.5, 0.6) is 0 Å². The lowest BCUT2D eigenvalue weighted by Gasteiger charge is -2.34. The van der Waals surface area contributed by atoms with Crippen LogP contribution in [0, 0.1) is 23.7 Å². The fraction of sp³-hybridized carbons (Fsp3) is 0.562. The molecule has 13 heteroatoms. The van der Waals surface area contributed by atoms with Crippen molar-refractivity contribution in [2.75, 3.05) is 20.2 Å². The molecular weight excluding hydrogens is 767 g/mol. The van der Waals surface area contributed by atoms with Gasteiger partial charge in [-0.05, 0) is 97.1 Å². The van der Waals surface area contributed by atoms with Crippen LogP contribution in [0.25, 0.3) is 16.8 Å². The van der Waals surface area contributed by atoms with Crippen molar-refractivity contribution in [1.82, 2.24) is 30.4 Å². The van der Waals surface area contributed by atoms with Crippen molar-refractivity contribution in [2.45, 2.75) is 128 Å². The molecule has 6 aliphatic rings. The molecule has 0 spiro atoms. The number of allylic oxidation sites excluding steroid dienone is 4. The number of aliphatic imine (C=N–C) groups is 1. The van der Waals surface area contributed by atoms with E-state index in [4.69, 9.17) is 26.2 Å².